The van der Waals surface area contributed by atoms with Crippen molar-refractivity contribution in [2.24, 2.45) is 0 Å². The van der Waals surface area contributed by atoms with Gasteiger partial charge in [0.2, 0.25) is 11.8 Å². The van der Waals surface area contributed by atoms with Crippen molar-refractivity contribution in [1.82, 2.24) is 9.47 Å². The Morgan fingerprint density at radius 1 is 0.971 bits per heavy atom. The van der Waals surface area contributed by atoms with Gasteiger partial charge in [-0.3, -0.25) is 9.59 Å². The zero-order valence-corrected chi connectivity index (χ0v) is 21.2. The second-order valence-corrected chi connectivity index (χ2v) is 10.9. The average molecular weight is 484 g/mol. The highest BCUT2D eigenvalue weighted by atomic mass is 32.2. The van der Waals surface area contributed by atoms with E-state index in [1.807, 2.05) is 46.8 Å². The van der Waals surface area contributed by atoms with E-state index in [1.54, 1.807) is 45.9 Å². The normalized spacial score (nSPS) is 11.9. The number of carbonyl (C=O) groups is 2. The van der Waals surface area contributed by atoms with Gasteiger partial charge in [-0.05, 0) is 57.9 Å². The summed E-state index contributed by atoms with van der Waals surface area (Å²) in [6.45, 7) is 9.87. The Morgan fingerprint density at radius 3 is 2.18 bits per heavy atom. The van der Waals surface area contributed by atoms with E-state index in [-0.39, 0.29) is 29.4 Å². The van der Waals surface area contributed by atoms with E-state index in [0.29, 0.717) is 16.6 Å². The van der Waals surface area contributed by atoms with Crippen LogP contribution in [0.4, 0.5) is 5.69 Å². The molecular weight excluding hydrogens is 450 g/mol. The fourth-order valence-corrected chi connectivity index (χ4v) is 5.63. The lowest BCUT2D eigenvalue weighted by molar-refractivity contribution is -0.135. The third kappa shape index (κ3) is 5.67. The van der Waals surface area contributed by atoms with Crippen molar-refractivity contribution < 1.29 is 18.0 Å². The highest BCUT2D eigenvalue weighted by molar-refractivity contribution is 7.92. The standard InChI is InChI=1S/C26H33N3O4S/c1-6-20-11-13-21(14-12-20)27-25(30)17-34(32,33)24-15-28(23-10-8-7-9-22(23)24)16-26(31)29(18(2)3)19(4)5/h7-15,18-19H,6,16-17H2,1-5H3,(H,27,30). The molecule has 0 aliphatic carbocycles. The Labute approximate surface area is 201 Å². The number of nitrogens with one attached hydrogen (secondary N) is 1. The largest absolute Gasteiger partial charge is 0.337 e. The third-order valence-electron chi connectivity index (χ3n) is 5.76. The molecule has 0 bridgehead atoms. The van der Waals surface area contributed by atoms with Crippen LogP contribution in [0.5, 0.6) is 0 Å². The van der Waals surface area contributed by atoms with Crippen molar-refractivity contribution in [2.75, 3.05) is 11.1 Å². The van der Waals surface area contributed by atoms with Crippen LogP contribution in [-0.2, 0) is 32.4 Å². The summed E-state index contributed by atoms with van der Waals surface area (Å²) >= 11 is 0. The molecule has 3 rings (SSSR count). The molecule has 0 atom stereocenters. The van der Waals surface area contributed by atoms with Crippen LogP contribution in [0.3, 0.4) is 0 Å². The second-order valence-electron chi connectivity index (χ2n) is 8.98. The van der Waals surface area contributed by atoms with Gasteiger partial charge in [0.25, 0.3) is 0 Å². The van der Waals surface area contributed by atoms with E-state index >= 15 is 0 Å². The molecule has 0 spiro atoms. The monoisotopic (exact) mass is 483 g/mol. The first-order valence-electron chi connectivity index (χ1n) is 11.5. The maximum absolute atomic E-state index is 13.2. The molecule has 0 aliphatic heterocycles. The van der Waals surface area contributed by atoms with Crippen LogP contribution < -0.4 is 5.32 Å². The summed E-state index contributed by atoms with van der Waals surface area (Å²) in [4.78, 5) is 27.4. The average Bonchev–Trinajstić information content (AvgIpc) is 3.12. The van der Waals surface area contributed by atoms with Crippen LogP contribution in [0.25, 0.3) is 10.9 Å². The first-order chi connectivity index (χ1) is 16.0. The van der Waals surface area contributed by atoms with Gasteiger partial charge in [-0.1, -0.05) is 37.3 Å². The maximum atomic E-state index is 13.2. The number of benzene rings is 2. The van der Waals surface area contributed by atoms with Gasteiger partial charge in [-0.25, -0.2) is 8.42 Å². The molecule has 7 nitrogen and oxygen atoms in total. The topological polar surface area (TPSA) is 88.5 Å². The fraction of sp³-hybridized carbons (Fsp3) is 0.385. The highest BCUT2D eigenvalue weighted by Gasteiger charge is 2.26. The molecule has 182 valence electrons. The van der Waals surface area contributed by atoms with Gasteiger partial charge >= 0.3 is 0 Å². The minimum atomic E-state index is -3.94. The summed E-state index contributed by atoms with van der Waals surface area (Å²) in [5.41, 5.74) is 2.31. The summed E-state index contributed by atoms with van der Waals surface area (Å²) in [7, 11) is -3.94. The van der Waals surface area contributed by atoms with E-state index in [4.69, 9.17) is 0 Å². The van der Waals surface area contributed by atoms with Crippen molar-refractivity contribution in [1.29, 1.82) is 0 Å². The molecular formula is C26H33N3O4S. The lowest BCUT2D eigenvalue weighted by Crippen LogP contribution is -2.43. The van der Waals surface area contributed by atoms with Crippen LogP contribution in [0.2, 0.25) is 0 Å². The Balaban J connectivity index is 1.87. The maximum Gasteiger partial charge on any atom is 0.242 e. The number of rotatable bonds is 9. The molecule has 0 unspecified atom stereocenters. The third-order valence-corrected chi connectivity index (χ3v) is 7.40. The molecule has 8 heteroatoms. The van der Waals surface area contributed by atoms with Gasteiger partial charge in [0.05, 0.1) is 4.90 Å². The molecule has 1 heterocycles. The van der Waals surface area contributed by atoms with E-state index in [9.17, 15) is 18.0 Å². The minimum absolute atomic E-state index is 0.0162. The Kier molecular flexibility index (Phi) is 7.82. The first kappa shape index (κ1) is 25.5. The highest BCUT2D eigenvalue weighted by Crippen LogP contribution is 2.27. The van der Waals surface area contributed by atoms with Gasteiger partial charge in [0.1, 0.15) is 12.3 Å². The van der Waals surface area contributed by atoms with E-state index in [0.717, 1.165) is 12.0 Å². The zero-order chi connectivity index (χ0) is 25.0. The molecule has 0 fully saturated rings. The number of hydrogen-bond donors (Lipinski definition) is 1. The number of carbonyl (C=O) groups excluding carboxylic acids is 2. The molecule has 2 amide bonds. The number of aromatic nitrogens is 1. The van der Waals surface area contributed by atoms with Gasteiger partial charge in [-0.2, -0.15) is 0 Å². The molecule has 1 N–H and O–H groups in total. The number of nitrogens with zero attached hydrogens (tertiary/aromatic N) is 2. The van der Waals surface area contributed by atoms with Crippen molar-refractivity contribution in [3.63, 3.8) is 0 Å². The SMILES string of the molecule is CCc1ccc(NC(=O)CS(=O)(=O)c2cn(CC(=O)N(C(C)C)C(C)C)c3ccccc23)cc1. The molecule has 1 aromatic heterocycles. The number of anilines is 1. The summed E-state index contributed by atoms with van der Waals surface area (Å²) < 4.78 is 28.1. The minimum Gasteiger partial charge on any atom is -0.337 e. The predicted molar refractivity (Wildman–Crippen MR) is 136 cm³/mol. The van der Waals surface area contributed by atoms with E-state index in [1.165, 1.54) is 6.20 Å². The molecule has 0 saturated heterocycles. The lowest BCUT2D eigenvalue weighted by Gasteiger charge is -2.31. The molecule has 0 aliphatic rings. The van der Waals surface area contributed by atoms with Crippen molar-refractivity contribution in [2.45, 2.75) is 64.6 Å². The lowest BCUT2D eigenvalue weighted by atomic mass is 10.1. The van der Waals surface area contributed by atoms with Crippen LogP contribution in [-0.4, -0.2) is 47.5 Å². The van der Waals surface area contributed by atoms with Crippen LogP contribution in [0, 0.1) is 0 Å². The number of hydrogen-bond acceptors (Lipinski definition) is 4. The first-order valence-corrected chi connectivity index (χ1v) is 13.2. The second kappa shape index (κ2) is 10.4. The van der Waals surface area contributed by atoms with Gasteiger partial charge < -0.3 is 14.8 Å². The molecule has 3 aromatic rings. The number of para-hydroxylation sites is 1. The number of aryl methyl sites for hydroxylation is 1. The molecule has 0 radical (unpaired) electrons. The van der Waals surface area contributed by atoms with E-state index < -0.39 is 21.5 Å². The number of sulfone groups is 1. The Hall–Kier alpha value is -3.13. The molecule has 34 heavy (non-hydrogen) atoms. The summed E-state index contributed by atoms with van der Waals surface area (Å²) in [6, 6.07) is 14.4. The smallest absolute Gasteiger partial charge is 0.242 e. The Morgan fingerprint density at radius 2 is 1.59 bits per heavy atom. The Bertz CT molecular complexity index is 1270. The molecule has 0 saturated carbocycles. The van der Waals surface area contributed by atoms with Crippen molar-refractivity contribution in [3.05, 3.63) is 60.3 Å². The van der Waals surface area contributed by atoms with Crippen molar-refractivity contribution >= 4 is 38.2 Å². The fourth-order valence-electron chi connectivity index (χ4n) is 4.26. The predicted octanol–water partition coefficient (Wildman–Crippen LogP) is 4.26. The summed E-state index contributed by atoms with van der Waals surface area (Å²) in [5, 5.41) is 3.16. The number of fused-ring (bicyclic) bond motifs is 1. The zero-order valence-electron chi connectivity index (χ0n) is 20.4. The van der Waals surface area contributed by atoms with Crippen molar-refractivity contribution in [3.8, 4) is 0 Å². The van der Waals surface area contributed by atoms with Crippen LogP contribution in [0.1, 0.15) is 40.2 Å². The van der Waals surface area contributed by atoms with Gasteiger partial charge in [0, 0.05) is 34.9 Å². The summed E-state index contributed by atoms with van der Waals surface area (Å²) in [5.74, 6) is -1.39. The van der Waals surface area contributed by atoms with E-state index in [2.05, 4.69) is 5.32 Å². The van der Waals surface area contributed by atoms with Crippen LogP contribution in [0.15, 0.2) is 59.6 Å². The quantitative estimate of drug-likeness (QED) is 0.493. The molecule has 2 aromatic carbocycles. The van der Waals surface area contributed by atoms with Gasteiger partial charge in [-0.15, -0.1) is 0 Å². The summed E-state index contributed by atoms with van der Waals surface area (Å²) in [6.07, 6.45) is 2.35. The van der Waals surface area contributed by atoms with Crippen LogP contribution >= 0.6 is 0 Å². The number of amides is 2. The van der Waals surface area contributed by atoms with Gasteiger partial charge in [0.15, 0.2) is 9.84 Å².